The van der Waals surface area contributed by atoms with Crippen LogP contribution in [0.2, 0.25) is 5.02 Å². The maximum atomic E-state index is 11.5. The van der Waals surface area contributed by atoms with Crippen LogP contribution in [-0.2, 0) is 11.2 Å². The van der Waals surface area contributed by atoms with Crippen molar-refractivity contribution in [1.82, 2.24) is 0 Å². The molecule has 0 bridgehead atoms. The van der Waals surface area contributed by atoms with Gasteiger partial charge in [0.2, 0.25) is 0 Å². The molecule has 92 valence electrons. The Labute approximate surface area is 103 Å². The minimum Gasteiger partial charge on any atom is -0.462 e. The van der Waals surface area contributed by atoms with E-state index in [1.807, 2.05) is 0 Å². The molecule has 0 atom stereocenters. The number of halogens is 1. The summed E-state index contributed by atoms with van der Waals surface area (Å²) in [4.78, 5) is 21.7. The molecule has 0 radical (unpaired) electrons. The van der Waals surface area contributed by atoms with Crippen LogP contribution in [0.15, 0.2) is 12.1 Å². The predicted octanol–water partition coefficient (Wildman–Crippen LogP) is 2.99. The van der Waals surface area contributed by atoms with Crippen molar-refractivity contribution in [2.45, 2.75) is 20.3 Å². The Bertz CT molecular complexity index is 459. The summed E-state index contributed by atoms with van der Waals surface area (Å²) in [5.74, 6) is -0.582. The molecule has 17 heavy (non-hydrogen) atoms. The number of carbonyl (C=O) groups is 1. The summed E-state index contributed by atoms with van der Waals surface area (Å²) >= 11 is 5.86. The maximum absolute atomic E-state index is 11.5. The molecule has 0 heterocycles. The van der Waals surface area contributed by atoms with Crippen molar-refractivity contribution in [1.29, 1.82) is 0 Å². The van der Waals surface area contributed by atoms with Crippen LogP contribution < -0.4 is 0 Å². The number of rotatable bonds is 4. The topological polar surface area (TPSA) is 69.4 Å². The first-order valence-electron chi connectivity index (χ1n) is 5.15. The lowest BCUT2D eigenvalue weighted by atomic mass is 10.1. The van der Waals surface area contributed by atoms with Gasteiger partial charge in [0.15, 0.2) is 0 Å². The van der Waals surface area contributed by atoms with Crippen LogP contribution in [0, 0.1) is 10.1 Å². The third-order valence-corrected chi connectivity index (χ3v) is 2.65. The van der Waals surface area contributed by atoms with Crippen LogP contribution in [-0.4, -0.2) is 17.5 Å². The number of nitro benzene ring substituents is 1. The van der Waals surface area contributed by atoms with E-state index >= 15 is 0 Å². The van der Waals surface area contributed by atoms with Crippen LogP contribution in [0.25, 0.3) is 0 Å². The van der Waals surface area contributed by atoms with Gasteiger partial charge in [0.1, 0.15) is 5.02 Å². The highest BCUT2D eigenvalue weighted by Crippen LogP contribution is 2.30. The Morgan fingerprint density at radius 3 is 2.59 bits per heavy atom. The predicted molar refractivity (Wildman–Crippen MR) is 63.4 cm³/mol. The molecule has 0 amide bonds. The molecular weight excluding hydrogens is 246 g/mol. The summed E-state index contributed by atoms with van der Waals surface area (Å²) < 4.78 is 4.80. The quantitative estimate of drug-likeness (QED) is 0.472. The first-order valence-corrected chi connectivity index (χ1v) is 5.53. The second kappa shape index (κ2) is 5.63. The lowest BCUT2D eigenvalue weighted by Crippen LogP contribution is -2.06. The number of nitro groups is 1. The molecule has 5 nitrogen and oxygen atoms in total. The van der Waals surface area contributed by atoms with Gasteiger partial charge in [-0.2, -0.15) is 0 Å². The number of carbonyl (C=O) groups excluding carboxylic acids is 1. The Hall–Kier alpha value is -1.62. The number of ether oxygens (including phenoxy) is 1. The fourth-order valence-corrected chi connectivity index (χ4v) is 1.70. The fraction of sp³-hybridized carbons (Fsp3) is 0.364. The van der Waals surface area contributed by atoms with E-state index in [0.29, 0.717) is 12.0 Å². The van der Waals surface area contributed by atoms with E-state index < -0.39 is 10.9 Å². The number of nitrogens with zero attached hydrogens (tertiary/aromatic N) is 1. The van der Waals surface area contributed by atoms with Crippen molar-refractivity contribution in [2.75, 3.05) is 6.61 Å². The van der Waals surface area contributed by atoms with E-state index in [1.54, 1.807) is 13.8 Å². The molecule has 6 heteroatoms. The lowest BCUT2D eigenvalue weighted by Gasteiger charge is -2.06. The van der Waals surface area contributed by atoms with E-state index in [0.717, 1.165) is 6.07 Å². The van der Waals surface area contributed by atoms with Crippen LogP contribution in [0.1, 0.15) is 29.8 Å². The van der Waals surface area contributed by atoms with Gasteiger partial charge in [-0.15, -0.1) is 0 Å². The first kappa shape index (κ1) is 13.4. The van der Waals surface area contributed by atoms with Gasteiger partial charge in [0.05, 0.1) is 17.1 Å². The second-order valence-electron chi connectivity index (χ2n) is 3.30. The molecule has 0 aliphatic heterocycles. The lowest BCUT2D eigenvalue weighted by molar-refractivity contribution is -0.384. The molecule has 1 aromatic rings. The average molecular weight is 258 g/mol. The molecule has 0 fully saturated rings. The molecule has 0 N–H and O–H groups in total. The first-order chi connectivity index (χ1) is 8.01. The van der Waals surface area contributed by atoms with Gasteiger partial charge in [-0.3, -0.25) is 10.1 Å². The number of benzene rings is 1. The van der Waals surface area contributed by atoms with E-state index in [4.69, 9.17) is 16.3 Å². The van der Waals surface area contributed by atoms with E-state index in [1.165, 1.54) is 6.07 Å². The molecule has 1 rings (SSSR count). The maximum Gasteiger partial charge on any atom is 0.338 e. The highest BCUT2D eigenvalue weighted by atomic mass is 35.5. The highest BCUT2D eigenvalue weighted by molar-refractivity contribution is 6.33. The number of aryl methyl sites for hydroxylation is 1. The molecule has 0 aliphatic rings. The monoisotopic (exact) mass is 257 g/mol. The van der Waals surface area contributed by atoms with E-state index in [-0.39, 0.29) is 22.9 Å². The SMILES string of the molecule is CCOC(=O)c1cc(CC)c(Cl)c([N+](=O)[O-])c1. The zero-order valence-electron chi connectivity index (χ0n) is 9.53. The normalized spacial score (nSPS) is 10.1. The summed E-state index contributed by atoms with van der Waals surface area (Å²) in [7, 11) is 0. The second-order valence-corrected chi connectivity index (χ2v) is 3.68. The van der Waals surface area contributed by atoms with Crippen molar-refractivity contribution in [3.05, 3.63) is 38.4 Å². The van der Waals surface area contributed by atoms with Gasteiger partial charge in [0.25, 0.3) is 5.69 Å². The van der Waals surface area contributed by atoms with Crippen molar-refractivity contribution in [2.24, 2.45) is 0 Å². The Kier molecular flexibility index (Phi) is 4.45. The number of hydrogen-bond acceptors (Lipinski definition) is 4. The van der Waals surface area contributed by atoms with Crippen LogP contribution in [0.5, 0.6) is 0 Å². The molecule has 0 saturated heterocycles. The van der Waals surface area contributed by atoms with Crippen LogP contribution >= 0.6 is 11.6 Å². The van der Waals surface area contributed by atoms with Gasteiger partial charge >= 0.3 is 5.97 Å². The minimum atomic E-state index is -0.607. The number of hydrogen-bond donors (Lipinski definition) is 0. The van der Waals surface area contributed by atoms with E-state index in [2.05, 4.69) is 0 Å². The van der Waals surface area contributed by atoms with Crippen molar-refractivity contribution in [3.8, 4) is 0 Å². The summed E-state index contributed by atoms with van der Waals surface area (Å²) in [6.07, 6.45) is 0.507. The van der Waals surface area contributed by atoms with Gasteiger partial charge in [-0.1, -0.05) is 18.5 Å². The average Bonchev–Trinajstić information content (AvgIpc) is 2.29. The number of esters is 1. The smallest absolute Gasteiger partial charge is 0.338 e. The third kappa shape index (κ3) is 2.94. The highest BCUT2D eigenvalue weighted by Gasteiger charge is 2.20. The zero-order valence-corrected chi connectivity index (χ0v) is 10.3. The van der Waals surface area contributed by atoms with E-state index in [9.17, 15) is 14.9 Å². The Balaban J connectivity index is 3.29. The third-order valence-electron chi connectivity index (χ3n) is 2.22. The molecule has 0 aliphatic carbocycles. The van der Waals surface area contributed by atoms with Crippen LogP contribution in [0.4, 0.5) is 5.69 Å². The minimum absolute atomic E-state index is 0.0746. The Morgan fingerprint density at radius 2 is 2.12 bits per heavy atom. The largest absolute Gasteiger partial charge is 0.462 e. The molecule has 0 aromatic heterocycles. The molecule has 1 aromatic carbocycles. The molecule has 0 saturated carbocycles. The zero-order chi connectivity index (χ0) is 13.0. The molecule has 0 unspecified atom stereocenters. The summed E-state index contributed by atoms with van der Waals surface area (Å²) in [5, 5.41) is 10.9. The van der Waals surface area contributed by atoms with Gasteiger partial charge < -0.3 is 4.74 Å². The molecule has 0 spiro atoms. The summed E-state index contributed by atoms with van der Waals surface area (Å²) in [5.41, 5.74) is 0.442. The van der Waals surface area contributed by atoms with Gasteiger partial charge in [-0.25, -0.2) is 4.79 Å². The standard InChI is InChI=1S/C11H12ClNO4/c1-3-7-5-8(11(14)17-4-2)6-9(10(7)12)13(15)16/h5-6H,3-4H2,1-2H3. The summed E-state index contributed by atoms with van der Waals surface area (Å²) in [6.45, 7) is 3.69. The molecular formula is C11H12ClNO4. The summed E-state index contributed by atoms with van der Waals surface area (Å²) in [6, 6.07) is 2.66. The van der Waals surface area contributed by atoms with Crippen molar-refractivity contribution in [3.63, 3.8) is 0 Å². The van der Waals surface area contributed by atoms with Crippen molar-refractivity contribution < 1.29 is 14.5 Å². The van der Waals surface area contributed by atoms with Gasteiger partial charge in [0, 0.05) is 6.07 Å². The van der Waals surface area contributed by atoms with Gasteiger partial charge in [-0.05, 0) is 25.0 Å². The van der Waals surface area contributed by atoms with Crippen molar-refractivity contribution >= 4 is 23.3 Å². The fourth-order valence-electron chi connectivity index (χ4n) is 1.39. The van der Waals surface area contributed by atoms with Crippen LogP contribution in [0.3, 0.4) is 0 Å². The Morgan fingerprint density at radius 1 is 1.47 bits per heavy atom.